The lowest BCUT2D eigenvalue weighted by atomic mass is 10.3. The topological polar surface area (TPSA) is 54.3 Å². The second kappa shape index (κ2) is 4.32. The van der Waals surface area contributed by atoms with Crippen LogP contribution in [0.15, 0.2) is 53.3 Å². The Morgan fingerprint density at radius 3 is 2.60 bits per heavy atom. The summed E-state index contributed by atoms with van der Waals surface area (Å²) in [5, 5.41) is 0. The van der Waals surface area contributed by atoms with Gasteiger partial charge in [-0.3, -0.25) is 15.6 Å². The molecule has 2 aromatic rings. The number of furan rings is 1. The summed E-state index contributed by atoms with van der Waals surface area (Å²) in [5.41, 5.74) is 6.66. The lowest BCUT2D eigenvalue weighted by molar-refractivity contribution is 0.0962. The molecule has 4 heteroatoms. The maximum atomic E-state index is 11.4. The predicted octanol–water partition coefficient (Wildman–Crippen LogP) is 2.04. The van der Waals surface area contributed by atoms with Gasteiger partial charge in [0, 0.05) is 0 Å². The minimum absolute atomic E-state index is 0.229. The van der Waals surface area contributed by atoms with Crippen LogP contribution in [0.5, 0.6) is 0 Å². The molecule has 0 aliphatic rings. The molecule has 2 N–H and O–H groups in total. The molecule has 0 aliphatic heterocycles. The molecule has 1 aromatic carbocycles. The monoisotopic (exact) mass is 202 g/mol. The number of hydrazine groups is 1. The normalized spacial score (nSPS) is 9.60. The van der Waals surface area contributed by atoms with E-state index in [0.717, 1.165) is 5.69 Å². The molecule has 2 rings (SSSR count). The summed E-state index contributed by atoms with van der Waals surface area (Å²) in [6, 6.07) is 11.0. The highest BCUT2D eigenvalue weighted by atomic mass is 16.3. The molecule has 1 aromatic heterocycles. The highest BCUT2D eigenvalue weighted by Gasteiger charge is 2.04. The largest absolute Gasteiger partial charge is 0.472 e. The number of amides is 1. The molecular formula is C11H10N2O2. The Morgan fingerprint density at radius 2 is 1.93 bits per heavy atom. The van der Waals surface area contributed by atoms with Crippen LogP contribution < -0.4 is 10.9 Å². The van der Waals surface area contributed by atoms with E-state index in [9.17, 15) is 4.79 Å². The number of hydrogen-bond donors (Lipinski definition) is 2. The first kappa shape index (κ1) is 9.33. The first-order valence-corrected chi connectivity index (χ1v) is 4.50. The third kappa shape index (κ3) is 2.37. The van der Waals surface area contributed by atoms with Crippen molar-refractivity contribution in [2.75, 3.05) is 5.43 Å². The van der Waals surface area contributed by atoms with E-state index in [1.165, 1.54) is 12.5 Å². The van der Waals surface area contributed by atoms with E-state index in [1.54, 1.807) is 6.07 Å². The molecule has 0 unspecified atom stereocenters. The Kier molecular flexibility index (Phi) is 2.69. The van der Waals surface area contributed by atoms with Crippen molar-refractivity contribution in [3.63, 3.8) is 0 Å². The lowest BCUT2D eigenvalue weighted by Crippen LogP contribution is -2.28. The summed E-state index contributed by atoms with van der Waals surface area (Å²) in [6.45, 7) is 0. The second-order valence-electron chi connectivity index (χ2n) is 2.96. The fourth-order valence-corrected chi connectivity index (χ4v) is 1.12. The van der Waals surface area contributed by atoms with Gasteiger partial charge in [0.05, 0.1) is 17.5 Å². The average Bonchev–Trinajstić information content (AvgIpc) is 2.81. The van der Waals surface area contributed by atoms with Gasteiger partial charge in [-0.15, -0.1) is 0 Å². The van der Waals surface area contributed by atoms with Gasteiger partial charge in [-0.25, -0.2) is 0 Å². The number of anilines is 1. The fourth-order valence-electron chi connectivity index (χ4n) is 1.12. The van der Waals surface area contributed by atoms with Crippen molar-refractivity contribution in [2.24, 2.45) is 0 Å². The molecule has 1 amide bonds. The minimum atomic E-state index is -0.229. The third-order valence-corrected chi connectivity index (χ3v) is 1.88. The van der Waals surface area contributed by atoms with Crippen molar-refractivity contribution in [2.45, 2.75) is 0 Å². The van der Waals surface area contributed by atoms with E-state index < -0.39 is 0 Å². The average molecular weight is 202 g/mol. The number of nitrogens with one attached hydrogen (secondary N) is 2. The maximum absolute atomic E-state index is 11.4. The minimum Gasteiger partial charge on any atom is -0.472 e. The quantitative estimate of drug-likeness (QED) is 0.749. The molecule has 0 radical (unpaired) electrons. The van der Waals surface area contributed by atoms with Crippen molar-refractivity contribution in [3.05, 3.63) is 54.5 Å². The van der Waals surface area contributed by atoms with Crippen LogP contribution in [-0.2, 0) is 0 Å². The van der Waals surface area contributed by atoms with Crippen LogP contribution in [0, 0.1) is 0 Å². The van der Waals surface area contributed by atoms with Gasteiger partial charge in [-0.2, -0.15) is 0 Å². The van der Waals surface area contributed by atoms with Crippen molar-refractivity contribution in [3.8, 4) is 0 Å². The van der Waals surface area contributed by atoms with Gasteiger partial charge in [0.15, 0.2) is 0 Å². The summed E-state index contributed by atoms with van der Waals surface area (Å²) in [4.78, 5) is 11.4. The molecule has 4 nitrogen and oxygen atoms in total. The molecule has 0 atom stereocenters. The number of para-hydroxylation sites is 1. The first-order chi connectivity index (χ1) is 7.36. The van der Waals surface area contributed by atoms with Gasteiger partial charge in [-0.1, -0.05) is 18.2 Å². The van der Waals surface area contributed by atoms with Crippen LogP contribution in [-0.4, -0.2) is 5.91 Å². The fraction of sp³-hybridized carbons (Fsp3) is 0. The van der Waals surface area contributed by atoms with E-state index in [1.807, 2.05) is 30.3 Å². The number of carbonyl (C=O) groups is 1. The van der Waals surface area contributed by atoms with Crippen LogP contribution >= 0.6 is 0 Å². The Bertz CT molecular complexity index is 423. The van der Waals surface area contributed by atoms with Crippen LogP contribution in [0.3, 0.4) is 0 Å². The molecular weight excluding hydrogens is 192 g/mol. The van der Waals surface area contributed by atoms with Gasteiger partial charge in [0.2, 0.25) is 0 Å². The van der Waals surface area contributed by atoms with E-state index in [0.29, 0.717) is 5.56 Å². The third-order valence-electron chi connectivity index (χ3n) is 1.88. The smallest absolute Gasteiger partial charge is 0.272 e. The molecule has 15 heavy (non-hydrogen) atoms. The van der Waals surface area contributed by atoms with E-state index in [2.05, 4.69) is 10.9 Å². The van der Waals surface area contributed by atoms with Crippen molar-refractivity contribution in [1.29, 1.82) is 0 Å². The van der Waals surface area contributed by atoms with Gasteiger partial charge < -0.3 is 4.42 Å². The maximum Gasteiger partial charge on any atom is 0.272 e. The van der Waals surface area contributed by atoms with Gasteiger partial charge in [-0.05, 0) is 18.2 Å². The molecule has 0 aliphatic carbocycles. The molecule has 0 saturated heterocycles. The van der Waals surface area contributed by atoms with E-state index in [4.69, 9.17) is 4.42 Å². The number of hydrogen-bond acceptors (Lipinski definition) is 3. The van der Waals surface area contributed by atoms with E-state index >= 15 is 0 Å². The Balaban J connectivity index is 1.92. The molecule has 0 fully saturated rings. The summed E-state index contributed by atoms with van der Waals surface area (Å²) < 4.78 is 4.80. The molecule has 0 bridgehead atoms. The summed E-state index contributed by atoms with van der Waals surface area (Å²) in [6.07, 6.45) is 2.85. The van der Waals surface area contributed by atoms with Gasteiger partial charge in [0.1, 0.15) is 6.26 Å². The zero-order valence-electron chi connectivity index (χ0n) is 7.94. The van der Waals surface area contributed by atoms with Crippen molar-refractivity contribution in [1.82, 2.24) is 5.43 Å². The number of benzene rings is 1. The Labute approximate surface area is 86.9 Å². The zero-order chi connectivity index (χ0) is 10.5. The first-order valence-electron chi connectivity index (χ1n) is 4.50. The predicted molar refractivity (Wildman–Crippen MR) is 56.2 cm³/mol. The van der Waals surface area contributed by atoms with Crippen LogP contribution in [0.4, 0.5) is 5.69 Å². The Hall–Kier alpha value is -2.23. The molecule has 0 spiro atoms. The molecule has 76 valence electrons. The summed E-state index contributed by atoms with van der Waals surface area (Å²) >= 11 is 0. The molecule has 0 saturated carbocycles. The Morgan fingerprint density at radius 1 is 1.13 bits per heavy atom. The lowest BCUT2D eigenvalue weighted by Gasteiger charge is -2.06. The van der Waals surface area contributed by atoms with Crippen molar-refractivity contribution >= 4 is 11.6 Å². The highest BCUT2D eigenvalue weighted by Crippen LogP contribution is 2.04. The number of carbonyl (C=O) groups excluding carboxylic acids is 1. The zero-order valence-corrected chi connectivity index (χ0v) is 7.94. The highest BCUT2D eigenvalue weighted by molar-refractivity contribution is 5.94. The summed E-state index contributed by atoms with van der Waals surface area (Å²) in [5.74, 6) is -0.229. The van der Waals surface area contributed by atoms with Gasteiger partial charge in [0.25, 0.3) is 5.91 Å². The van der Waals surface area contributed by atoms with E-state index in [-0.39, 0.29) is 5.91 Å². The molecule has 1 heterocycles. The van der Waals surface area contributed by atoms with Gasteiger partial charge >= 0.3 is 0 Å². The van der Waals surface area contributed by atoms with Crippen LogP contribution in [0.1, 0.15) is 10.4 Å². The SMILES string of the molecule is O=C(NNc1ccccc1)c1ccoc1. The van der Waals surface area contributed by atoms with Crippen LogP contribution in [0.25, 0.3) is 0 Å². The van der Waals surface area contributed by atoms with Crippen molar-refractivity contribution < 1.29 is 9.21 Å². The second-order valence-corrected chi connectivity index (χ2v) is 2.96. The standard InChI is InChI=1S/C11H10N2O2/c14-11(9-6-7-15-8-9)13-12-10-4-2-1-3-5-10/h1-8,12H,(H,13,14). The van der Waals surface area contributed by atoms with Crippen LogP contribution in [0.2, 0.25) is 0 Å². The summed E-state index contributed by atoms with van der Waals surface area (Å²) in [7, 11) is 0. The number of rotatable bonds is 3.